The summed E-state index contributed by atoms with van der Waals surface area (Å²) in [5.74, 6) is -0.903. The van der Waals surface area contributed by atoms with Crippen molar-refractivity contribution in [2.75, 3.05) is 13.2 Å². The molecule has 0 aromatic heterocycles. The Hall–Kier alpha value is -2.89. The number of unbranched alkanes of at least 4 members (excludes halogenated alkanes) is 30. The molecule has 0 rings (SSSR count). The van der Waals surface area contributed by atoms with Gasteiger partial charge in [-0.2, -0.15) is 0 Å². The van der Waals surface area contributed by atoms with Crippen molar-refractivity contribution in [2.24, 2.45) is 0 Å². The zero-order valence-electron chi connectivity index (χ0n) is 43.7. The Balaban J connectivity index is 4.34. The number of hydrogen-bond donors (Lipinski definition) is 0. The second-order valence-electron chi connectivity index (χ2n) is 18.8. The van der Waals surface area contributed by atoms with Crippen molar-refractivity contribution in [1.29, 1.82) is 0 Å². The number of rotatable bonds is 51. The van der Waals surface area contributed by atoms with Gasteiger partial charge < -0.3 is 14.2 Å². The van der Waals surface area contributed by atoms with Gasteiger partial charge >= 0.3 is 17.9 Å². The Bertz CT molecular complexity index is 1200. The fourth-order valence-corrected chi connectivity index (χ4v) is 7.92. The van der Waals surface area contributed by atoms with Gasteiger partial charge in [0.15, 0.2) is 6.10 Å². The first-order chi connectivity index (χ1) is 32.5. The van der Waals surface area contributed by atoms with E-state index in [0.29, 0.717) is 19.3 Å². The van der Waals surface area contributed by atoms with Crippen LogP contribution < -0.4 is 0 Å². The molecule has 6 nitrogen and oxygen atoms in total. The predicted molar refractivity (Wildman–Crippen MR) is 284 cm³/mol. The average molecular weight is 924 g/mol. The Morgan fingerprint density at radius 2 is 0.576 bits per heavy atom. The first kappa shape index (κ1) is 63.1. The number of esters is 3. The smallest absolute Gasteiger partial charge is 0.306 e. The summed E-state index contributed by atoms with van der Waals surface area (Å²) in [5, 5.41) is 0. The molecule has 0 aliphatic carbocycles. The lowest BCUT2D eigenvalue weighted by Crippen LogP contribution is -2.30. The van der Waals surface area contributed by atoms with Gasteiger partial charge in [-0.15, -0.1) is 0 Å². The van der Waals surface area contributed by atoms with Crippen molar-refractivity contribution in [3.05, 3.63) is 60.8 Å². The first-order valence-electron chi connectivity index (χ1n) is 28.3. The lowest BCUT2D eigenvalue weighted by atomic mass is 10.1. The molecule has 0 heterocycles. The van der Waals surface area contributed by atoms with Gasteiger partial charge in [-0.3, -0.25) is 14.4 Å². The third-order valence-electron chi connectivity index (χ3n) is 12.2. The highest BCUT2D eigenvalue weighted by Gasteiger charge is 2.19. The standard InChI is InChI=1S/C60H106O6/c1-4-7-10-13-16-19-22-25-27-28-29-30-31-32-33-36-38-41-44-47-50-53-59(62)65-56-57(55-64-58(61)52-49-46-43-40-37-34-24-21-18-15-12-9-6-3)66-60(63)54-51-48-45-42-39-35-26-23-20-17-14-11-8-5-2/h12,15,21-26,28-29,57H,4-11,13-14,16-20,27,30-56H2,1-3H3/b15-12-,24-21-,25-22-,26-23-,29-28-. The van der Waals surface area contributed by atoms with Crippen LogP contribution in [0.3, 0.4) is 0 Å². The predicted octanol–water partition coefficient (Wildman–Crippen LogP) is 18.8. The highest BCUT2D eigenvalue weighted by atomic mass is 16.6. The summed E-state index contributed by atoms with van der Waals surface area (Å²) in [6.45, 7) is 6.55. The van der Waals surface area contributed by atoms with Crippen LogP contribution in [0.25, 0.3) is 0 Å². The van der Waals surface area contributed by atoms with Crippen LogP contribution in [0.1, 0.15) is 284 Å². The molecule has 0 fully saturated rings. The maximum absolute atomic E-state index is 12.8. The van der Waals surface area contributed by atoms with Crippen molar-refractivity contribution in [1.82, 2.24) is 0 Å². The molecule has 0 radical (unpaired) electrons. The van der Waals surface area contributed by atoms with Crippen molar-refractivity contribution < 1.29 is 28.6 Å². The highest BCUT2D eigenvalue weighted by Crippen LogP contribution is 2.15. The molecule has 6 heteroatoms. The molecule has 66 heavy (non-hydrogen) atoms. The van der Waals surface area contributed by atoms with Crippen LogP contribution >= 0.6 is 0 Å². The van der Waals surface area contributed by atoms with Crippen LogP contribution in [0.5, 0.6) is 0 Å². The van der Waals surface area contributed by atoms with Crippen LogP contribution in [-0.2, 0) is 28.6 Å². The van der Waals surface area contributed by atoms with Gasteiger partial charge in [0.25, 0.3) is 0 Å². The summed E-state index contributed by atoms with van der Waals surface area (Å²) in [4.78, 5) is 38.1. The topological polar surface area (TPSA) is 78.9 Å². The van der Waals surface area contributed by atoms with E-state index in [4.69, 9.17) is 14.2 Å². The minimum atomic E-state index is -0.785. The monoisotopic (exact) mass is 923 g/mol. The SMILES string of the molecule is CCC/C=C\C/C=C\CCCCCCCC(=O)OCC(COC(=O)CCCCCCCCCCC/C=C\C/C=C\CCCCCCC)OC(=O)CCCCCCC/C=C\CCCCCCC. The Morgan fingerprint density at radius 3 is 0.909 bits per heavy atom. The van der Waals surface area contributed by atoms with Gasteiger partial charge in [0.05, 0.1) is 0 Å². The van der Waals surface area contributed by atoms with Gasteiger partial charge in [-0.25, -0.2) is 0 Å². The first-order valence-corrected chi connectivity index (χ1v) is 28.3. The van der Waals surface area contributed by atoms with E-state index in [1.54, 1.807) is 0 Å². The quantitative estimate of drug-likeness (QED) is 0.0262. The summed E-state index contributed by atoms with van der Waals surface area (Å²) >= 11 is 0. The van der Waals surface area contributed by atoms with Gasteiger partial charge in [0.2, 0.25) is 0 Å². The van der Waals surface area contributed by atoms with Crippen LogP contribution in [-0.4, -0.2) is 37.2 Å². The van der Waals surface area contributed by atoms with E-state index in [1.807, 2.05) is 0 Å². The normalized spacial score (nSPS) is 12.5. The van der Waals surface area contributed by atoms with Crippen molar-refractivity contribution >= 4 is 17.9 Å². The number of allylic oxidation sites excluding steroid dienone is 10. The van der Waals surface area contributed by atoms with Gasteiger partial charge in [0, 0.05) is 19.3 Å². The Labute approximate surface area is 409 Å². The minimum Gasteiger partial charge on any atom is -0.462 e. The molecule has 0 saturated carbocycles. The molecule has 0 bridgehead atoms. The third kappa shape index (κ3) is 52.1. The van der Waals surface area contributed by atoms with Crippen LogP contribution in [0.4, 0.5) is 0 Å². The molecular weight excluding hydrogens is 817 g/mol. The number of ether oxygens (including phenoxy) is 3. The van der Waals surface area contributed by atoms with Crippen molar-refractivity contribution in [2.45, 2.75) is 290 Å². The minimum absolute atomic E-state index is 0.0837. The molecule has 0 aliphatic heterocycles. The summed E-state index contributed by atoms with van der Waals surface area (Å²) in [6, 6.07) is 0. The molecule has 382 valence electrons. The lowest BCUT2D eigenvalue weighted by Gasteiger charge is -2.18. The van der Waals surface area contributed by atoms with E-state index in [-0.39, 0.29) is 31.1 Å². The molecule has 0 amide bonds. The van der Waals surface area contributed by atoms with Gasteiger partial charge in [-0.1, -0.05) is 223 Å². The highest BCUT2D eigenvalue weighted by molar-refractivity contribution is 5.71. The van der Waals surface area contributed by atoms with E-state index in [1.165, 1.54) is 141 Å². The van der Waals surface area contributed by atoms with E-state index in [2.05, 4.69) is 81.5 Å². The summed E-state index contributed by atoms with van der Waals surface area (Å²) in [6.07, 6.45) is 67.8. The lowest BCUT2D eigenvalue weighted by molar-refractivity contribution is -0.167. The Kier molecular flexibility index (Phi) is 52.3. The van der Waals surface area contributed by atoms with Crippen molar-refractivity contribution in [3.8, 4) is 0 Å². The van der Waals surface area contributed by atoms with Crippen LogP contribution in [0.2, 0.25) is 0 Å². The number of hydrogen-bond acceptors (Lipinski definition) is 6. The van der Waals surface area contributed by atoms with Crippen molar-refractivity contribution in [3.63, 3.8) is 0 Å². The van der Waals surface area contributed by atoms with Crippen LogP contribution in [0.15, 0.2) is 60.8 Å². The average Bonchev–Trinajstić information content (AvgIpc) is 3.31. The second-order valence-corrected chi connectivity index (χ2v) is 18.8. The van der Waals surface area contributed by atoms with Gasteiger partial charge in [0.1, 0.15) is 13.2 Å². The van der Waals surface area contributed by atoms with Crippen LogP contribution in [0, 0.1) is 0 Å². The van der Waals surface area contributed by atoms with E-state index >= 15 is 0 Å². The zero-order chi connectivity index (χ0) is 47.9. The summed E-state index contributed by atoms with van der Waals surface area (Å²) in [7, 11) is 0. The fourth-order valence-electron chi connectivity index (χ4n) is 7.92. The number of carbonyl (C=O) groups is 3. The molecule has 0 N–H and O–H groups in total. The Morgan fingerprint density at radius 1 is 0.303 bits per heavy atom. The summed E-state index contributed by atoms with van der Waals surface area (Å²) in [5.41, 5.74) is 0. The van der Waals surface area contributed by atoms with E-state index < -0.39 is 6.10 Å². The molecule has 0 saturated heterocycles. The maximum Gasteiger partial charge on any atom is 0.306 e. The molecule has 0 aliphatic rings. The van der Waals surface area contributed by atoms with E-state index in [0.717, 1.165) is 103 Å². The van der Waals surface area contributed by atoms with E-state index in [9.17, 15) is 14.4 Å². The molecular formula is C60H106O6. The summed E-state index contributed by atoms with van der Waals surface area (Å²) < 4.78 is 16.8. The molecule has 0 aromatic carbocycles. The zero-order valence-corrected chi connectivity index (χ0v) is 43.7. The maximum atomic E-state index is 12.8. The molecule has 0 aromatic rings. The molecule has 1 unspecified atom stereocenters. The molecule has 0 spiro atoms. The third-order valence-corrected chi connectivity index (χ3v) is 12.2. The number of carbonyl (C=O) groups excluding carboxylic acids is 3. The van der Waals surface area contributed by atoms with Gasteiger partial charge in [-0.05, 0) is 103 Å². The second kappa shape index (κ2) is 54.7. The largest absolute Gasteiger partial charge is 0.462 e. The fraction of sp³-hybridized carbons (Fsp3) is 0.783. The molecule has 1 atom stereocenters.